The first-order chi connectivity index (χ1) is 9.42. The van der Waals surface area contributed by atoms with E-state index in [0.717, 1.165) is 6.54 Å². The lowest BCUT2D eigenvalue weighted by molar-refractivity contribution is 0.538. The van der Waals surface area contributed by atoms with Crippen molar-refractivity contribution >= 4 is 0 Å². The maximum absolute atomic E-state index is 3.59. The molecule has 0 amide bonds. The minimum atomic E-state index is 0.633. The number of hydrogen-bond acceptors (Lipinski definition) is 1. The van der Waals surface area contributed by atoms with Gasteiger partial charge in [0, 0.05) is 12.6 Å². The van der Waals surface area contributed by atoms with Gasteiger partial charge in [0.15, 0.2) is 0 Å². The molecule has 96 valence electrons. The second-order valence-electron chi connectivity index (χ2n) is 5.08. The lowest BCUT2D eigenvalue weighted by Crippen LogP contribution is -2.25. The molecule has 1 aliphatic carbocycles. The average Bonchev–Trinajstić information content (AvgIpc) is 3.00. The Morgan fingerprint density at radius 3 is 2.11 bits per heavy atom. The molecule has 0 radical (unpaired) electrons. The van der Waals surface area contributed by atoms with E-state index in [9.17, 15) is 0 Å². The summed E-state index contributed by atoms with van der Waals surface area (Å²) in [6.45, 7) is 0.960. The van der Waals surface area contributed by atoms with Crippen LogP contribution >= 0.6 is 0 Å². The Labute approximate surface area is 115 Å². The van der Waals surface area contributed by atoms with E-state index in [2.05, 4.69) is 72.1 Å². The van der Waals surface area contributed by atoms with E-state index in [-0.39, 0.29) is 0 Å². The summed E-state index contributed by atoms with van der Waals surface area (Å²) < 4.78 is 0. The zero-order valence-electron chi connectivity index (χ0n) is 11.0. The molecular weight excluding hydrogens is 230 g/mol. The van der Waals surface area contributed by atoms with Gasteiger partial charge in [0.05, 0.1) is 0 Å². The van der Waals surface area contributed by atoms with Gasteiger partial charge in [0.2, 0.25) is 0 Å². The summed E-state index contributed by atoms with van der Waals surface area (Å²) in [5.74, 6) is 0. The van der Waals surface area contributed by atoms with Gasteiger partial charge in [-0.25, -0.2) is 0 Å². The summed E-state index contributed by atoms with van der Waals surface area (Å²) in [7, 11) is 0. The average molecular weight is 249 g/mol. The highest BCUT2D eigenvalue weighted by molar-refractivity contribution is 5.63. The smallest absolute Gasteiger partial charge is 0.0208 e. The Bertz CT molecular complexity index is 532. The van der Waals surface area contributed by atoms with Crippen molar-refractivity contribution in [1.82, 2.24) is 5.32 Å². The largest absolute Gasteiger partial charge is 0.309 e. The first kappa shape index (κ1) is 12.2. The highest BCUT2D eigenvalue weighted by atomic mass is 14.9. The molecule has 2 aromatic carbocycles. The summed E-state index contributed by atoms with van der Waals surface area (Å²) in [5, 5.41) is 3.59. The number of benzene rings is 2. The topological polar surface area (TPSA) is 12.0 Å². The molecule has 0 unspecified atom stereocenters. The third-order valence-electron chi connectivity index (χ3n) is 3.66. The SMILES string of the molecule is C1=CCC(NCc2ccc(-c3ccccc3)cc2)C1. The molecule has 1 nitrogen and oxygen atoms in total. The first-order valence-corrected chi connectivity index (χ1v) is 6.94. The quantitative estimate of drug-likeness (QED) is 0.802. The normalized spacial score (nSPS) is 14.9. The van der Waals surface area contributed by atoms with E-state index in [1.54, 1.807) is 0 Å². The van der Waals surface area contributed by atoms with Crippen LogP contribution < -0.4 is 5.32 Å². The summed E-state index contributed by atoms with van der Waals surface area (Å²) in [5.41, 5.74) is 3.92. The molecule has 1 heteroatoms. The fourth-order valence-corrected chi connectivity index (χ4v) is 2.49. The monoisotopic (exact) mass is 249 g/mol. The standard InChI is InChI=1S/C18H19N/c1-2-6-16(7-3-1)17-12-10-15(11-13-17)14-19-18-8-4-5-9-18/h1-7,10-13,18-19H,8-9,14H2. The van der Waals surface area contributed by atoms with Gasteiger partial charge in [-0.3, -0.25) is 0 Å². The molecule has 0 saturated heterocycles. The molecular formula is C18H19N. The molecule has 0 bridgehead atoms. The van der Waals surface area contributed by atoms with Gasteiger partial charge >= 0.3 is 0 Å². The van der Waals surface area contributed by atoms with Gasteiger partial charge in [0.25, 0.3) is 0 Å². The third kappa shape index (κ3) is 3.12. The van der Waals surface area contributed by atoms with Crippen LogP contribution in [0, 0.1) is 0 Å². The van der Waals surface area contributed by atoms with Crippen LogP contribution in [0.2, 0.25) is 0 Å². The van der Waals surface area contributed by atoms with Crippen molar-refractivity contribution in [2.45, 2.75) is 25.4 Å². The Hall–Kier alpha value is -1.86. The van der Waals surface area contributed by atoms with Gasteiger partial charge in [0.1, 0.15) is 0 Å². The van der Waals surface area contributed by atoms with E-state index >= 15 is 0 Å². The Morgan fingerprint density at radius 1 is 0.789 bits per heavy atom. The molecule has 1 N–H and O–H groups in total. The second kappa shape index (κ2) is 5.85. The second-order valence-corrected chi connectivity index (χ2v) is 5.08. The number of nitrogens with one attached hydrogen (secondary N) is 1. The van der Waals surface area contributed by atoms with E-state index in [1.807, 2.05) is 0 Å². The van der Waals surface area contributed by atoms with Gasteiger partial charge in [-0.05, 0) is 29.5 Å². The van der Waals surface area contributed by atoms with Crippen molar-refractivity contribution in [2.75, 3.05) is 0 Å². The molecule has 0 aliphatic heterocycles. The molecule has 1 aliphatic rings. The van der Waals surface area contributed by atoms with Gasteiger partial charge in [-0.15, -0.1) is 0 Å². The summed E-state index contributed by atoms with van der Waals surface area (Å²) in [6.07, 6.45) is 6.86. The van der Waals surface area contributed by atoms with Crippen molar-refractivity contribution in [1.29, 1.82) is 0 Å². The zero-order valence-corrected chi connectivity index (χ0v) is 11.0. The van der Waals surface area contributed by atoms with Crippen LogP contribution in [0.3, 0.4) is 0 Å². The fourth-order valence-electron chi connectivity index (χ4n) is 2.49. The molecule has 0 fully saturated rings. The van der Waals surface area contributed by atoms with E-state index in [0.29, 0.717) is 6.04 Å². The van der Waals surface area contributed by atoms with Crippen LogP contribution in [0.4, 0.5) is 0 Å². The van der Waals surface area contributed by atoms with Crippen molar-refractivity contribution in [3.05, 3.63) is 72.3 Å². The number of hydrogen-bond donors (Lipinski definition) is 1. The molecule has 2 aromatic rings. The molecule has 0 spiro atoms. The van der Waals surface area contributed by atoms with Gasteiger partial charge < -0.3 is 5.32 Å². The van der Waals surface area contributed by atoms with Crippen LogP contribution in [-0.4, -0.2) is 6.04 Å². The highest BCUT2D eigenvalue weighted by Gasteiger charge is 2.08. The maximum atomic E-state index is 3.59. The van der Waals surface area contributed by atoms with Crippen molar-refractivity contribution in [3.63, 3.8) is 0 Å². The zero-order chi connectivity index (χ0) is 12.9. The minimum Gasteiger partial charge on any atom is -0.309 e. The van der Waals surface area contributed by atoms with Crippen LogP contribution in [0.25, 0.3) is 11.1 Å². The van der Waals surface area contributed by atoms with Crippen LogP contribution in [0.5, 0.6) is 0 Å². The maximum Gasteiger partial charge on any atom is 0.0208 e. The van der Waals surface area contributed by atoms with Gasteiger partial charge in [-0.2, -0.15) is 0 Å². The van der Waals surface area contributed by atoms with E-state index < -0.39 is 0 Å². The van der Waals surface area contributed by atoms with Crippen LogP contribution in [-0.2, 0) is 6.54 Å². The predicted molar refractivity (Wildman–Crippen MR) is 80.9 cm³/mol. The predicted octanol–water partition coefficient (Wildman–Crippen LogP) is 4.16. The molecule has 0 atom stereocenters. The molecule has 3 rings (SSSR count). The highest BCUT2D eigenvalue weighted by Crippen LogP contribution is 2.19. The molecule has 0 aromatic heterocycles. The molecule has 19 heavy (non-hydrogen) atoms. The lowest BCUT2D eigenvalue weighted by atomic mass is 10.0. The van der Waals surface area contributed by atoms with Crippen molar-refractivity contribution in [3.8, 4) is 11.1 Å². The first-order valence-electron chi connectivity index (χ1n) is 6.94. The lowest BCUT2D eigenvalue weighted by Gasteiger charge is -2.12. The Balaban J connectivity index is 1.62. The number of rotatable bonds is 4. The molecule has 0 heterocycles. The summed E-state index contributed by atoms with van der Waals surface area (Å²) >= 11 is 0. The Kier molecular flexibility index (Phi) is 3.75. The van der Waals surface area contributed by atoms with Crippen LogP contribution in [0.15, 0.2) is 66.7 Å². The summed E-state index contributed by atoms with van der Waals surface area (Å²) in [6, 6.07) is 20.0. The van der Waals surface area contributed by atoms with E-state index in [4.69, 9.17) is 0 Å². The van der Waals surface area contributed by atoms with Crippen molar-refractivity contribution in [2.24, 2.45) is 0 Å². The van der Waals surface area contributed by atoms with Gasteiger partial charge in [-0.1, -0.05) is 66.7 Å². The summed E-state index contributed by atoms with van der Waals surface area (Å²) in [4.78, 5) is 0. The van der Waals surface area contributed by atoms with E-state index in [1.165, 1.54) is 29.5 Å². The minimum absolute atomic E-state index is 0.633. The third-order valence-corrected chi connectivity index (χ3v) is 3.66. The Morgan fingerprint density at radius 2 is 1.42 bits per heavy atom. The van der Waals surface area contributed by atoms with Crippen molar-refractivity contribution < 1.29 is 0 Å². The molecule has 0 saturated carbocycles. The van der Waals surface area contributed by atoms with Crippen LogP contribution in [0.1, 0.15) is 18.4 Å². The fraction of sp³-hybridized carbons (Fsp3) is 0.222.